The average Bonchev–Trinajstić information content (AvgIpc) is 2.85. The average molecular weight is 523 g/mol. The van der Waals surface area contributed by atoms with Crippen LogP contribution in [0.5, 0.6) is 0 Å². The summed E-state index contributed by atoms with van der Waals surface area (Å²) in [6.45, 7) is 14.0. The second-order valence-electron chi connectivity index (χ2n) is 11.1. The van der Waals surface area contributed by atoms with Crippen molar-refractivity contribution >= 4 is 59.3 Å². The van der Waals surface area contributed by atoms with Crippen LogP contribution in [0.4, 0.5) is 5.69 Å². The fraction of sp³-hybridized carbons (Fsp3) is 0.303. The second-order valence-corrected chi connectivity index (χ2v) is 16.6. The van der Waals surface area contributed by atoms with Gasteiger partial charge in [-0.1, -0.05) is 93.4 Å². The fourth-order valence-electron chi connectivity index (χ4n) is 5.98. The van der Waals surface area contributed by atoms with Crippen LogP contribution in [0.25, 0.3) is 21.8 Å². The zero-order valence-electron chi connectivity index (χ0n) is 22.7. The predicted octanol–water partition coefficient (Wildman–Crippen LogP) is 8.08. The van der Waals surface area contributed by atoms with Gasteiger partial charge in [0.25, 0.3) is 0 Å². The SMILES string of the molecule is CC1=CCC2Nc3ccc(C)cc3P(C(C)C)c3cccc4cc5cccc(c5nc34)P(C(C)C)C2=C1. The molecule has 188 valence electrons. The second kappa shape index (κ2) is 9.65. The van der Waals surface area contributed by atoms with E-state index in [1.165, 1.54) is 54.5 Å². The van der Waals surface area contributed by atoms with E-state index in [-0.39, 0.29) is 6.04 Å². The maximum absolute atomic E-state index is 5.56. The molecule has 0 spiro atoms. The maximum atomic E-state index is 5.56. The lowest BCUT2D eigenvalue weighted by molar-refractivity contribution is 0.855. The van der Waals surface area contributed by atoms with E-state index in [0.717, 1.165) is 6.42 Å². The van der Waals surface area contributed by atoms with Crippen LogP contribution in [-0.2, 0) is 0 Å². The number of pyridine rings is 1. The van der Waals surface area contributed by atoms with Gasteiger partial charge in [0.1, 0.15) is 0 Å². The van der Waals surface area contributed by atoms with Gasteiger partial charge in [-0.3, -0.25) is 0 Å². The number of rotatable bonds is 2. The van der Waals surface area contributed by atoms with E-state index >= 15 is 0 Å². The molecule has 0 saturated carbocycles. The smallest absolute Gasteiger partial charge is 0.0790 e. The normalized spacial score (nSPS) is 21.4. The number of nitrogens with one attached hydrogen (secondary N) is 1. The fourth-order valence-corrected chi connectivity index (χ4v) is 11.7. The molecule has 3 atom stereocenters. The van der Waals surface area contributed by atoms with Crippen molar-refractivity contribution in [1.82, 2.24) is 4.98 Å². The van der Waals surface area contributed by atoms with E-state index in [4.69, 9.17) is 4.98 Å². The molecule has 1 aromatic heterocycles. The first-order valence-corrected chi connectivity index (χ1v) is 16.3. The highest BCUT2D eigenvalue weighted by Crippen LogP contribution is 2.54. The van der Waals surface area contributed by atoms with Gasteiger partial charge in [-0.25, -0.2) is 4.98 Å². The van der Waals surface area contributed by atoms with E-state index in [0.29, 0.717) is 11.3 Å². The Morgan fingerprint density at radius 2 is 1.43 bits per heavy atom. The van der Waals surface area contributed by atoms with Gasteiger partial charge in [0, 0.05) is 32.4 Å². The van der Waals surface area contributed by atoms with Gasteiger partial charge in [0.2, 0.25) is 0 Å². The minimum Gasteiger partial charge on any atom is -0.377 e. The molecular weight excluding hydrogens is 486 g/mol. The summed E-state index contributed by atoms with van der Waals surface area (Å²) in [4.78, 5) is 5.56. The summed E-state index contributed by atoms with van der Waals surface area (Å²) < 4.78 is 0. The predicted molar refractivity (Wildman–Crippen MR) is 167 cm³/mol. The Labute approximate surface area is 223 Å². The van der Waals surface area contributed by atoms with Crippen LogP contribution in [0, 0.1) is 6.92 Å². The molecule has 6 rings (SSSR count). The number of aromatic nitrogens is 1. The third-order valence-electron chi connectivity index (χ3n) is 7.61. The number of para-hydroxylation sites is 2. The third kappa shape index (κ3) is 4.33. The molecule has 3 aromatic carbocycles. The van der Waals surface area contributed by atoms with Crippen molar-refractivity contribution in [3.63, 3.8) is 0 Å². The number of fused-ring (bicyclic) bond motifs is 2. The lowest BCUT2D eigenvalue weighted by atomic mass is 10.0. The summed E-state index contributed by atoms with van der Waals surface area (Å²) in [6, 6.07) is 23.4. The molecule has 4 heteroatoms. The molecule has 2 aliphatic rings. The van der Waals surface area contributed by atoms with Crippen molar-refractivity contribution in [1.29, 1.82) is 0 Å². The summed E-state index contributed by atoms with van der Waals surface area (Å²) in [7, 11) is -1.18. The zero-order chi connectivity index (χ0) is 25.8. The molecule has 1 aliphatic carbocycles. The Hall–Kier alpha value is -2.53. The molecule has 0 amide bonds. The third-order valence-corrected chi connectivity index (χ3v) is 13.3. The molecule has 2 nitrogen and oxygen atoms in total. The Morgan fingerprint density at radius 1 is 0.784 bits per heavy atom. The van der Waals surface area contributed by atoms with Gasteiger partial charge < -0.3 is 5.32 Å². The van der Waals surface area contributed by atoms with E-state index in [9.17, 15) is 0 Å². The highest BCUT2D eigenvalue weighted by Gasteiger charge is 2.32. The van der Waals surface area contributed by atoms with E-state index < -0.39 is 15.8 Å². The standard InChI is InChI=1S/C33H36N2P2/c1-20(2)36-28-11-7-9-24-19-25-10-8-12-29(33(25)35-32(24)28)37(21(3)4)31-18-23(6)14-16-27(31)34-26-15-13-22(5)17-30(26)36/h7-15,17-21,27,34H,16H2,1-6H3. The summed E-state index contributed by atoms with van der Waals surface area (Å²) in [6.07, 6.45) is 5.90. The molecule has 0 fully saturated rings. The summed E-state index contributed by atoms with van der Waals surface area (Å²) >= 11 is 0. The summed E-state index contributed by atoms with van der Waals surface area (Å²) in [5.41, 5.74) is 7.37. The van der Waals surface area contributed by atoms with Gasteiger partial charge in [0.05, 0.1) is 17.1 Å². The Bertz CT molecular complexity index is 1580. The van der Waals surface area contributed by atoms with Gasteiger partial charge in [-0.2, -0.15) is 0 Å². The van der Waals surface area contributed by atoms with Crippen LogP contribution >= 0.6 is 15.8 Å². The van der Waals surface area contributed by atoms with Gasteiger partial charge in [-0.05, 0) is 70.9 Å². The topological polar surface area (TPSA) is 24.9 Å². The van der Waals surface area contributed by atoms with Gasteiger partial charge in [0.15, 0.2) is 0 Å². The number of benzene rings is 3. The monoisotopic (exact) mass is 522 g/mol. The van der Waals surface area contributed by atoms with E-state index in [1.54, 1.807) is 5.31 Å². The van der Waals surface area contributed by atoms with Crippen LogP contribution in [0.2, 0.25) is 0 Å². The molecule has 37 heavy (non-hydrogen) atoms. The van der Waals surface area contributed by atoms with E-state index in [1.807, 2.05) is 0 Å². The van der Waals surface area contributed by atoms with Crippen molar-refractivity contribution in [2.24, 2.45) is 0 Å². The zero-order valence-corrected chi connectivity index (χ0v) is 24.5. The first-order chi connectivity index (χ1) is 17.8. The minimum atomic E-state index is -0.611. The number of allylic oxidation sites excluding steroid dienone is 2. The Morgan fingerprint density at radius 3 is 2.08 bits per heavy atom. The molecule has 4 aromatic rings. The highest BCUT2D eigenvalue weighted by molar-refractivity contribution is 7.74. The van der Waals surface area contributed by atoms with Gasteiger partial charge in [-0.15, -0.1) is 0 Å². The van der Waals surface area contributed by atoms with Crippen molar-refractivity contribution in [3.05, 3.63) is 89.3 Å². The van der Waals surface area contributed by atoms with Crippen LogP contribution < -0.4 is 21.2 Å². The number of aryl methyl sites for hydroxylation is 1. The largest absolute Gasteiger partial charge is 0.377 e. The van der Waals surface area contributed by atoms with Crippen molar-refractivity contribution in [2.45, 2.75) is 65.3 Å². The minimum absolute atomic E-state index is 0.288. The lowest BCUT2D eigenvalue weighted by Crippen LogP contribution is -2.31. The summed E-state index contributed by atoms with van der Waals surface area (Å²) in [5.74, 6) is 0. The molecule has 2 heterocycles. The molecule has 1 N–H and O–H groups in total. The number of hydrogen-bond acceptors (Lipinski definition) is 2. The number of hydrogen-bond donors (Lipinski definition) is 1. The molecule has 0 radical (unpaired) electrons. The Balaban J connectivity index is 1.76. The van der Waals surface area contributed by atoms with Gasteiger partial charge >= 0.3 is 0 Å². The maximum Gasteiger partial charge on any atom is 0.0790 e. The molecular formula is C33H36N2P2. The highest BCUT2D eigenvalue weighted by atomic mass is 31.1. The molecule has 1 aliphatic heterocycles. The van der Waals surface area contributed by atoms with Crippen molar-refractivity contribution in [3.8, 4) is 0 Å². The van der Waals surface area contributed by atoms with Crippen molar-refractivity contribution in [2.75, 3.05) is 5.32 Å². The van der Waals surface area contributed by atoms with E-state index in [2.05, 4.69) is 120 Å². The summed E-state index contributed by atoms with van der Waals surface area (Å²) in [5, 5.41) is 12.4. The van der Waals surface area contributed by atoms with Crippen LogP contribution in [0.3, 0.4) is 0 Å². The van der Waals surface area contributed by atoms with Crippen LogP contribution in [0.1, 0.15) is 46.6 Å². The lowest BCUT2D eigenvalue weighted by Gasteiger charge is -2.36. The van der Waals surface area contributed by atoms with Crippen LogP contribution in [0.15, 0.2) is 83.7 Å². The molecule has 2 bridgehead atoms. The number of anilines is 1. The molecule has 3 unspecified atom stereocenters. The Kier molecular flexibility index (Phi) is 6.46. The first kappa shape index (κ1) is 24.8. The van der Waals surface area contributed by atoms with Crippen molar-refractivity contribution < 1.29 is 0 Å². The first-order valence-electron chi connectivity index (χ1n) is 13.5. The number of nitrogens with zero attached hydrogens (tertiary/aromatic N) is 1. The van der Waals surface area contributed by atoms with Crippen LogP contribution in [-0.4, -0.2) is 22.3 Å². The molecule has 0 saturated heterocycles. The quantitative estimate of drug-likeness (QED) is 0.213.